The molecule has 27 heavy (non-hydrogen) atoms. The van der Waals surface area contributed by atoms with Crippen molar-refractivity contribution < 1.29 is 17.9 Å². The van der Waals surface area contributed by atoms with Crippen LogP contribution < -0.4 is 4.31 Å². The third-order valence-electron chi connectivity index (χ3n) is 3.90. The van der Waals surface area contributed by atoms with Crippen LogP contribution in [0.2, 0.25) is 0 Å². The number of phenolic OH excluding ortho intramolecular Hbond substituents is 1. The van der Waals surface area contributed by atoms with E-state index in [9.17, 15) is 17.9 Å². The average molecular weight is 401 g/mol. The molecular weight excluding hydrogens is 389 g/mol. The smallest absolute Gasteiger partial charge is 0.270 e. The molecule has 0 aliphatic heterocycles. The maximum atomic E-state index is 13.4. The normalized spacial score (nSPS) is 11.6. The lowest BCUT2D eigenvalue weighted by Gasteiger charge is -2.22. The number of sulfonamides is 1. The second-order valence-electron chi connectivity index (χ2n) is 5.60. The Bertz CT molecular complexity index is 1230. The summed E-state index contributed by atoms with van der Waals surface area (Å²) in [5, 5.41) is 13.4. The minimum absolute atomic E-state index is 0.0140. The lowest BCUT2D eigenvalue weighted by atomic mass is 10.2. The molecule has 9 heteroatoms. The molecule has 4 aromatic rings. The van der Waals surface area contributed by atoms with Crippen LogP contribution in [0.15, 0.2) is 71.3 Å². The number of nitrogens with zero attached hydrogens (tertiary/aromatic N) is 3. The quantitative estimate of drug-likeness (QED) is 0.557. The summed E-state index contributed by atoms with van der Waals surface area (Å²) in [7, 11) is -4.13. The standard InChI is InChI=1S/C18H12FN3O3S2/c19-14-2-4-16(17(23)10-14)22(18-21-7-8-26-18)27(24,25)15-3-1-13-11-20-6-5-12(13)9-15/h1-11,23H. The van der Waals surface area contributed by atoms with Gasteiger partial charge < -0.3 is 5.11 Å². The van der Waals surface area contributed by atoms with Gasteiger partial charge >= 0.3 is 0 Å². The van der Waals surface area contributed by atoms with Gasteiger partial charge in [-0.15, -0.1) is 11.3 Å². The van der Waals surface area contributed by atoms with Crippen molar-refractivity contribution in [2.75, 3.05) is 4.31 Å². The molecule has 4 rings (SSSR count). The molecule has 0 aliphatic carbocycles. The minimum atomic E-state index is -4.13. The van der Waals surface area contributed by atoms with Crippen LogP contribution in [0.4, 0.5) is 15.2 Å². The molecule has 0 spiro atoms. The van der Waals surface area contributed by atoms with Crippen LogP contribution in [0.25, 0.3) is 10.8 Å². The Morgan fingerprint density at radius 3 is 2.63 bits per heavy atom. The molecular formula is C18H12FN3O3S2. The van der Waals surface area contributed by atoms with Gasteiger partial charge in [0.15, 0.2) is 0 Å². The number of pyridine rings is 1. The van der Waals surface area contributed by atoms with Crippen molar-refractivity contribution in [3.63, 3.8) is 0 Å². The summed E-state index contributed by atoms with van der Waals surface area (Å²) in [6.45, 7) is 0. The number of halogens is 1. The van der Waals surface area contributed by atoms with E-state index in [1.807, 2.05) is 0 Å². The third-order valence-corrected chi connectivity index (χ3v) is 6.47. The highest BCUT2D eigenvalue weighted by Crippen LogP contribution is 2.39. The molecule has 0 fully saturated rings. The van der Waals surface area contributed by atoms with Crippen molar-refractivity contribution in [3.8, 4) is 5.75 Å². The van der Waals surface area contributed by atoms with E-state index < -0.39 is 21.6 Å². The summed E-state index contributed by atoms with van der Waals surface area (Å²) in [4.78, 5) is 8.09. The summed E-state index contributed by atoms with van der Waals surface area (Å²) >= 11 is 1.08. The monoisotopic (exact) mass is 401 g/mol. The Balaban J connectivity index is 1.92. The number of rotatable bonds is 4. The highest BCUT2D eigenvalue weighted by atomic mass is 32.2. The molecule has 0 amide bonds. The van der Waals surface area contributed by atoms with Gasteiger partial charge in [-0.25, -0.2) is 22.1 Å². The molecule has 0 bridgehead atoms. The number of aromatic hydroxyl groups is 1. The maximum absolute atomic E-state index is 13.4. The number of hydrogen-bond donors (Lipinski definition) is 1. The number of anilines is 2. The highest BCUT2D eigenvalue weighted by molar-refractivity contribution is 7.93. The van der Waals surface area contributed by atoms with Gasteiger partial charge in [-0.2, -0.15) is 0 Å². The Morgan fingerprint density at radius 1 is 1.04 bits per heavy atom. The fourth-order valence-electron chi connectivity index (χ4n) is 2.65. The Hall–Kier alpha value is -3.04. The van der Waals surface area contributed by atoms with Crippen LogP contribution >= 0.6 is 11.3 Å². The topological polar surface area (TPSA) is 83.4 Å². The van der Waals surface area contributed by atoms with Crippen LogP contribution in [-0.2, 0) is 10.0 Å². The zero-order valence-corrected chi connectivity index (χ0v) is 15.3. The van der Waals surface area contributed by atoms with Gasteiger partial charge in [0.05, 0.1) is 4.90 Å². The van der Waals surface area contributed by atoms with Crippen molar-refractivity contribution in [1.29, 1.82) is 0 Å². The summed E-state index contributed by atoms with van der Waals surface area (Å²) in [5.41, 5.74) is -0.0822. The van der Waals surface area contributed by atoms with Crippen molar-refractivity contribution in [2.24, 2.45) is 0 Å². The second kappa shape index (κ2) is 6.60. The molecule has 0 saturated carbocycles. The summed E-state index contributed by atoms with van der Waals surface area (Å²) < 4.78 is 41.1. The molecule has 0 radical (unpaired) electrons. The summed E-state index contributed by atoms with van der Waals surface area (Å²) in [6, 6.07) is 9.48. The molecule has 6 nitrogen and oxygen atoms in total. The van der Waals surface area contributed by atoms with E-state index in [0.29, 0.717) is 5.39 Å². The van der Waals surface area contributed by atoms with Gasteiger partial charge in [-0.05, 0) is 35.7 Å². The van der Waals surface area contributed by atoms with E-state index in [-0.39, 0.29) is 15.7 Å². The fourth-order valence-corrected chi connectivity index (χ4v) is 5.02. The molecule has 0 saturated heterocycles. The Kier molecular flexibility index (Phi) is 4.25. The number of phenols is 1. The Labute approximate surface area is 158 Å². The predicted octanol–water partition coefficient (Wildman–Crippen LogP) is 4.06. The number of thiazole rings is 1. The Morgan fingerprint density at radius 2 is 1.89 bits per heavy atom. The number of aromatic nitrogens is 2. The van der Waals surface area contributed by atoms with Crippen molar-refractivity contribution in [2.45, 2.75) is 4.90 Å². The van der Waals surface area contributed by atoms with Gasteiger partial charge in [-0.3, -0.25) is 4.98 Å². The average Bonchev–Trinajstić information content (AvgIpc) is 3.17. The van der Waals surface area contributed by atoms with E-state index in [4.69, 9.17) is 0 Å². The van der Waals surface area contributed by atoms with Gasteiger partial charge in [-0.1, -0.05) is 6.07 Å². The number of hydrogen-bond acceptors (Lipinski definition) is 6. The molecule has 1 N–H and O–H groups in total. The zero-order chi connectivity index (χ0) is 19.0. The van der Waals surface area contributed by atoms with Gasteiger partial charge in [0.25, 0.3) is 10.0 Å². The van der Waals surface area contributed by atoms with Gasteiger partial charge in [0, 0.05) is 35.4 Å². The zero-order valence-electron chi connectivity index (χ0n) is 13.7. The summed E-state index contributed by atoms with van der Waals surface area (Å²) in [6.07, 6.45) is 4.66. The molecule has 2 aromatic carbocycles. The largest absolute Gasteiger partial charge is 0.506 e. The lowest BCUT2D eigenvalue weighted by Crippen LogP contribution is -2.26. The summed E-state index contributed by atoms with van der Waals surface area (Å²) in [5.74, 6) is -1.18. The van der Waals surface area contributed by atoms with Crippen LogP contribution in [0.1, 0.15) is 0 Å². The molecule has 0 unspecified atom stereocenters. The van der Waals surface area contributed by atoms with E-state index in [1.54, 1.807) is 29.9 Å². The van der Waals surface area contributed by atoms with Crippen LogP contribution in [0.3, 0.4) is 0 Å². The molecule has 2 heterocycles. The SMILES string of the molecule is O=S(=O)(c1ccc2cnccc2c1)N(c1nccs1)c1ccc(F)cc1O. The first-order chi connectivity index (χ1) is 13.0. The first-order valence-corrected chi connectivity index (χ1v) is 10.1. The van der Waals surface area contributed by atoms with Crippen LogP contribution in [-0.4, -0.2) is 23.5 Å². The highest BCUT2D eigenvalue weighted by Gasteiger charge is 2.31. The van der Waals surface area contributed by atoms with Crippen molar-refractivity contribution in [1.82, 2.24) is 9.97 Å². The minimum Gasteiger partial charge on any atom is -0.506 e. The van der Waals surface area contributed by atoms with Crippen molar-refractivity contribution >= 4 is 43.0 Å². The first kappa shape index (κ1) is 17.4. The van der Waals surface area contributed by atoms with Crippen LogP contribution in [0, 0.1) is 5.82 Å². The molecule has 2 aromatic heterocycles. The van der Waals surface area contributed by atoms with E-state index in [0.717, 1.165) is 33.2 Å². The van der Waals surface area contributed by atoms with Gasteiger partial charge in [0.1, 0.15) is 17.3 Å². The van der Waals surface area contributed by atoms with Crippen molar-refractivity contribution in [3.05, 3.63) is 72.3 Å². The number of benzene rings is 2. The van der Waals surface area contributed by atoms with Crippen LogP contribution in [0.5, 0.6) is 5.75 Å². The lowest BCUT2D eigenvalue weighted by molar-refractivity contribution is 0.470. The van der Waals surface area contributed by atoms with E-state index >= 15 is 0 Å². The third kappa shape index (κ3) is 3.11. The predicted molar refractivity (Wildman–Crippen MR) is 101 cm³/mol. The van der Waals surface area contributed by atoms with Gasteiger partial charge in [0.2, 0.25) is 5.13 Å². The molecule has 0 aliphatic rings. The second-order valence-corrected chi connectivity index (χ2v) is 8.26. The maximum Gasteiger partial charge on any atom is 0.270 e. The first-order valence-electron chi connectivity index (χ1n) is 7.74. The number of fused-ring (bicyclic) bond motifs is 1. The fraction of sp³-hybridized carbons (Fsp3) is 0. The van der Waals surface area contributed by atoms with E-state index in [2.05, 4.69) is 9.97 Å². The molecule has 136 valence electrons. The van der Waals surface area contributed by atoms with E-state index in [1.165, 1.54) is 24.4 Å². The molecule has 0 atom stereocenters.